The van der Waals surface area contributed by atoms with Crippen LogP contribution in [0, 0.1) is 5.82 Å². The van der Waals surface area contributed by atoms with Crippen molar-refractivity contribution in [2.45, 2.75) is 44.4 Å². The lowest BCUT2D eigenvalue weighted by atomic mass is 10.2. The molecule has 7 nitrogen and oxygen atoms in total. The number of aromatic nitrogens is 5. The van der Waals surface area contributed by atoms with Gasteiger partial charge in [-0.25, -0.2) is 14.1 Å². The quantitative estimate of drug-likeness (QED) is 0.539. The Morgan fingerprint density at radius 2 is 2.03 bits per heavy atom. The molecule has 2 heterocycles. The molecule has 1 fully saturated rings. The van der Waals surface area contributed by atoms with Gasteiger partial charge in [0.15, 0.2) is 5.69 Å². The predicted molar refractivity (Wildman–Crippen MR) is 103 cm³/mol. The minimum atomic E-state index is -4.66. The number of hydrogen-bond donors (Lipinski definition) is 1. The van der Waals surface area contributed by atoms with Gasteiger partial charge in [-0.2, -0.15) is 18.3 Å². The van der Waals surface area contributed by atoms with Crippen molar-refractivity contribution < 1.29 is 22.4 Å². The fourth-order valence-electron chi connectivity index (χ4n) is 3.20. The predicted octanol–water partition coefficient (Wildman–Crippen LogP) is 4.24. The standard InChI is InChI=1S/C19H17ClF4N6O/c20-15-16(12-4-5-12)30(27-17(15)19(22,23)24)7-6-14(31)26-18-25-10-29(28-18)9-11-2-1-3-13(21)8-11/h1-3,8,10,12H,4-7,9H2,(H,26,28,31). The zero-order valence-electron chi connectivity index (χ0n) is 16.0. The number of carbonyl (C=O) groups is 1. The zero-order chi connectivity index (χ0) is 22.2. The van der Waals surface area contributed by atoms with Crippen molar-refractivity contribution in [2.24, 2.45) is 0 Å². The summed E-state index contributed by atoms with van der Waals surface area (Å²) >= 11 is 5.92. The summed E-state index contributed by atoms with van der Waals surface area (Å²) in [5.74, 6) is -0.882. The van der Waals surface area contributed by atoms with Gasteiger partial charge < -0.3 is 0 Å². The van der Waals surface area contributed by atoms with Crippen molar-refractivity contribution in [2.75, 3.05) is 5.32 Å². The molecular formula is C19H17ClF4N6O. The van der Waals surface area contributed by atoms with Crippen molar-refractivity contribution in [3.63, 3.8) is 0 Å². The van der Waals surface area contributed by atoms with Crippen LogP contribution in [0.1, 0.15) is 42.1 Å². The second kappa shape index (κ2) is 8.29. The van der Waals surface area contributed by atoms with E-state index < -0.39 is 22.8 Å². The fraction of sp³-hybridized carbons (Fsp3) is 0.368. The Hall–Kier alpha value is -2.95. The van der Waals surface area contributed by atoms with Crippen molar-refractivity contribution in [3.05, 3.63) is 58.4 Å². The molecule has 0 spiro atoms. The van der Waals surface area contributed by atoms with E-state index in [1.54, 1.807) is 12.1 Å². The Balaban J connectivity index is 1.37. The van der Waals surface area contributed by atoms with Crippen LogP contribution in [0.2, 0.25) is 5.02 Å². The minimum absolute atomic E-state index is 0.0401. The Morgan fingerprint density at radius 1 is 1.26 bits per heavy atom. The molecule has 0 aliphatic heterocycles. The number of rotatable bonds is 7. The molecule has 31 heavy (non-hydrogen) atoms. The van der Waals surface area contributed by atoms with Crippen molar-refractivity contribution in [3.8, 4) is 0 Å². The summed E-state index contributed by atoms with van der Waals surface area (Å²) in [6.07, 6.45) is -1.93. The summed E-state index contributed by atoms with van der Waals surface area (Å²) in [6.45, 7) is 0.203. The van der Waals surface area contributed by atoms with Crippen LogP contribution in [0.15, 0.2) is 30.6 Å². The number of nitrogens with one attached hydrogen (secondary N) is 1. The fourth-order valence-corrected chi connectivity index (χ4v) is 3.59. The van der Waals surface area contributed by atoms with Gasteiger partial charge in [0.25, 0.3) is 0 Å². The van der Waals surface area contributed by atoms with Gasteiger partial charge in [-0.05, 0) is 30.5 Å². The maximum absolute atomic E-state index is 13.3. The Kier molecular flexibility index (Phi) is 5.69. The average molecular weight is 457 g/mol. The Bertz CT molecular complexity index is 1110. The second-order valence-corrected chi connectivity index (χ2v) is 7.61. The first-order valence-electron chi connectivity index (χ1n) is 9.48. The van der Waals surface area contributed by atoms with Gasteiger partial charge in [0, 0.05) is 12.3 Å². The molecule has 2 aromatic heterocycles. The molecule has 1 aromatic carbocycles. The van der Waals surface area contributed by atoms with Crippen LogP contribution in [-0.4, -0.2) is 30.5 Å². The third-order valence-electron chi connectivity index (χ3n) is 4.74. The second-order valence-electron chi connectivity index (χ2n) is 7.24. The molecule has 0 atom stereocenters. The van der Waals surface area contributed by atoms with Crippen molar-refractivity contribution in [1.82, 2.24) is 24.5 Å². The van der Waals surface area contributed by atoms with Gasteiger partial charge in [-0.15, -0.1) is 5.10 Å². The van der Waals surface area contributed by atoms with Gasteiger partial charge in [0.2, 0.25) is 11.9 Å². The van der Waals surface area contributed by atoms with Crippen LogP contribution in [-0.2, 0) is 24.1 Å². The summed E-state index contributed by atoms with van der Waals surface area (Å²) in [5, 5.41) is 9.79. The maximum Gasteiger partial charge on any atom is 0.436 e. The van der Waals surface area contributed by atoms with E-state index in [1.807, 2.05) is 0 Å². The molecule has 4 rings (SSSR count). The molecule has 1 saturated carbocycles. The highest BCUT2D eigenvalue weighted by Crippen LogP contribution is 2.46. The summed E-state index contributed by atoms with van der Waals surface area (Å²) in [7, 11) is 0. The van der Waals surface area contributed by atoms with Gasteiger partial charge >= 0.3 is 6.18 Å². The first kappa shape index (κ1) is 21.3. The molecule has 164 valence electrons. The molecule has 0 bridgehead atoms. The van der Waals surface area contributed by atoms with E-state index in [0.717, 1.165) is 12.8 Å². The van der Waals surface area contributed by atoms with Gasteiger partial charge in [-0.1, -0.05) is 23.7 Å². The summed E-state index contributed by atoms with van der Waals surface area (Å²) in [6, 6.07) is 5.99. The molecule has 0 radical (unpaired) electrons. The topological polar surface area (TPSA) is 77.6 Å². The Morgan fingerprint density at radius 3 is 2.71 bits per heavy atom. The number of carbonyl (C=O) groups excluding carboxylic acids is 1. The van der Waals surface area contributed by atoms with Crippen LogP contribution >= 0.6 is 11.6 Å². The lowest BCUT2D eigenvalue weighted by Crippen LogP contribution is -2.17. The maximum atomic E-state index is 13.3. The highest BCUT2D eigenvalue weighted by atomic mass is 35.5. The summed E-state index contributed by atoms with van der Waals surface area (Å²) in [5.41, 5.74) is -0.139. The number of amides is 1. The highest BCUT2D eigenvalue weighted by Gasteiger charge is 2.42. The molecule has 1 N–H and O–H groups in total. The summed E-state index contributed by atoms with van der Waals surface area (Å²) < 4.78 is 55.2. The van der Waals surface area contributed by atoms with Crippen LogP contribution in [0.4, 0.5) is 23.5 Å². The van der Waals surface area contributed by atoms with Gasteiger partial charge in [-0.3, -0.25) is 14.8 Å². The first-order valence-corrected chi connectivity index (χ1v) is 9.85. The van der Waals surface area contributed by atoms with E-state index in [2.05, 4.69) is 20.5 Å². The average Bonchev–Trinajstić information content (AvgIpc) is 3.33. The highest BCUT2D eigenvalue weighted by molar-refractivity contribution is 6.32. The zero-order valence-corrected chi connectivity index (χ0v) is 16.8. The van der Waals surface area contributed by atoms with Gasteiger partial charge in [0.1, 0.15) is 12.1 Å². The monoisotopic (exact) mass is 456 g/mol. The number of benzene rings is 1. The largest absolute Gasteiger partial charge is 0.436 e. The van der Waals surface area contributed by atoms with E-state index in [4.69, 9.17) is 11.6 Å². The van der Waals surface area contributed by atoms with Crippen LogP contribution in [0.3, 0.4) is 0 Å². The van der Waals surface area contributed by atoms with Crippen LogP contribution in [0.25, 0.3) is 0 Å². The number of nitrogens with zero attached hydrogens (tertiary/aromatic N) is 5. The minimum Gasteiger partial charge on any atom is -0.293 e. The molecule has 1 amide bonds. The molecular weight excluding hydrogens is 440 g/mol. The molecule has 3 aromatic rings. The van der Waals surface area contributed by atoms with Crippen molar-refractivity contribution in [1.29, 1.82) is 0 Å². The number of alkyl halides is 3. The number of anilines is 1. The number of hydrogen-bond acceptors (Lipinski definition) is 4. The van der Waals surface area contributed by atoms with Crippen molar-refractivity contribution >= 4 is 23.5 Å². The third-order valence-corrected chi connectivity index (χ3v) is 5.11. The lowest BCUT2D eigenvalue weighted by molar-refractivity contribution is -0.141. The smallest absolute Gasteiger partial charge is 0.293 e. The van der Waals surface area contributed by atoms with E-state index in [1.165, 1.54) is 27.8 Å². The molecule has 0 saturated heterocycles. The van der Waals surface area contributed by atoms with Crippen LogP contribution in [0.5, 0.6) is 0 Å². The normalized spacial score (nSPS) is 14.1. The van der Waals surface area contributed by atoms with E-state index in [0.29, 0.717) is 11.3 Å². The third kappa shape index (κ3) is 5.04. The molecule has 0 unspecified atom stereocenters. The van der Waals surface area contributed by atoms with Gasteiger partial charge in [0.05, 0.1) is 23.8 Å². The number of halogens is 5. The summed E-state index contributed by atoms with van der Waals surface area (Å²) in [4.78, 5) is 16.2. The van der Waals surface area contributed by atoms with Crippen LogP contribution < -0.4 is 5.32 Å². The number of aryl methyl sites for hydroxylation is 1. The molecule has 12 heteroatoms. The first-order chi connectivity index (χ1) is 14.7. The van der Waals surface area contributed by atoms with E-state index >= 15 is 0 Å². The molecule has 1 aliphatic carbocycles. The SMILES string of the molecule is O=C(CCn1nc(C(F)(F)F)c(Cl)c1C1CC1)Nc1ncn(Cc2cccc(F)c2)n1. The molecule has 1 aliphatic rings. The van der Waals surface area contributed by atoms with E-state index in [-0.39, 0.29) is 37.2 Å². The van der Waals surface area contributed by atoms with E-state index in [9.17, 15) is 22.4 Å². The Labute approximate surface area is 179 Å². The lowest BCUT2D eigenvalue weighted by Gasteiger charge is -2.06.